The molecule has 0 aromatic heterocycles. The van der Waals surface area contributed by atoms with Crippen LogP contribution in [0.1, 0.15) is 82.9 Å². The highest BCUT2D eigenvalue weighted by atomic mass is 16.5. The average molecular weight is 485 g/mol. The third-order valence-electron chi connectivity index (χ3n) is 6.61. The largest absolute Gasteiger partial charge is 0.508 e. The van der Waals surface area contributed by atoms with Crippen LogP contribution in [0.3, 0.4) is 0 Å². The van der Waals surface area contributed by atoms with Crippen molar-refractivity contribution in [3.63, 3.8) is 0 Å². The van der Waals surface area contributed by atoms with E-state index in [1.807, 2.05) is 36.4 Å². The van der Waals surface area contributed by atoms with Crippen molar-refractivity contribution in [3.8, 4) is 11.5 Å². The molecule has 0 heterocycles. The molecule has 0 spiro atoms. The van der Waals surface area contributed by atoms with Crippen molar-refractivity contribution in [3.05, 3.63) is 59.2 Å². The van der Waals surface area contributed by atoms with Gasteiger partial charge in [-0.1, -0.05) is 58.0 Å². The summed E-state index contributed by atoms with van der Waals surface area (Å²) in [5.74, 6) is 0.455. The van der Waals surface area contributed by atoms with Crippen molar-refractivity contribution in [2.75, 3.05) is 14.2 Å². The van der Waals surface area contributed by atoms with Crippen molar-refractivity contribution in [2.45, 2.75) is 83.7 Å². The maximum absolute atomic E-state index is 11.6. The highest BCUT2D eigenvalue weighted by Crippen LogP contribution is 2.44. The zero-order valence-electron chi connectivity index (χ0n) is 22.0. The molecule has 2 rings (SSSR count). The molecule has 0 aliphatic rings. The number of rotatable bonds is 13. The van der Waals surface area contributed by atoms with Gasteiger partial charge in [0, 0.05) is 24.0 Å². The number of benzene rings is 2. The van der Waals surface area contributed by atoms with E-state index < -0.39 is 0 Å². The fourth-order valence-corrected chi connectivity index (χ4v) is 4.32. The average Bonchev–Trinajstić information content (AvgIpc) is 2.83. The summed E-state index contributed by atoms with van der Waals surface area (Å²) in [4.78, 5) is 23.2. The van der Waals surface area contributed by atoms with E-state index in [9.17, 15) is 14.7 Å². The van der Waals surface area contributed by atoms with Crippen LogP contribution in [0, 0.1) is 0 Å². The van der Waals surface area contributed by atoms with E-state index in [4.69, 9.17) is 14.2 Å². The fraction of sp³-hybridized carbons (Fsp3) is 0.517. The Morgan fingerprint density at radius 2 is 1.31 bits per heavy atom. The van der Waals surface area contributed by atoms with E-state index in [0.29, 0.717) is 44.5 Å². The lowest BCUT2D eigenvalue weighted by molar-refractivity contribution is -0.141. The summed E-state index contributed by atoms with van der Waals surface area (Å²) >= 11 is 0. The quantitative estimate of drug-likeness (QED) is 0.340. The first-order chi connectivity index (χ1) is 16.5. The summed E-state index contributed by atoms with van der Waals surface area (Å²) in [5.41, 5.74) is 2.00. The third-order valence-corrected chi connectivity index (χ3v) is 6.61. The van der Waals surface area contributed by atoms with Gasteiger partial charge in [0.25, 0.3) is 0 Å². The molecule has 2 aromatic carbocycles. The van der Waals surface area contributed by atoms with Crippen LogP contribution >= 0.6 is 0 Å². The van der Waals surface area contributed by atoms with Crippen LogP contribution in [-0.4, -0.2) is 31.3 Å². The van der Waals surface area contributed by atoms with Crippen molar-refractivity contribution >= 4 is 11.9 Å². The second-order valence-corrected chi connectivity index (χ2v) is 10.3. The van der Waals surface area contributed by atoms with Crippen LogP contribution in [-0.2, 0) is 36.5 Å². The summed E-state index contributed by atoms with van der Waals surface area (Å²) in [7, 11) is 2.79. The lowest BCUT2D eigenvalue weighted by Crippen LogP contribution is -2.22. The number of carbonyl (C=O) groups excluding carboxylic acids is 2. The van der Waals surface area contributed by atoms with Gasteiger partial charge in [0.2, 0.25) is 0 Å². The topological polar surface area (TPSA) is 82.1 Å². The summed E-state index contributed by atoms with van der Waals surface area (Å²) in [6.07, 6.45) is 3.43. The van der Waals surface area contributed by atoms with Crippen LogP contribution in [0.2, 0.25) is 0 Å². The van der Waals surface area contributed by atoms with Gasteiger partial charge in [-0.05, 0) is 54.2 Å². The number of phenols is 1. The van der Waals surface area contributed by atoms with Crippen LogP contribution in [0.15, 0.2) is 42.5 Å². The molecule has 0 bridgehead atoms. The molecule has 0 amide bonds. The Bertz CT molecular complexity index is 978. The van der Waals surface area contributed by atoms with Crippen molar-refractivity contribution < 1.29 is 28.9 Å². The summed E-state index contributed by atoms with van der Waals surface area (Å²) < 4.78 is 15.9. The first kappa shape index (κ1) is 28.2. The lowest BCUT2D eigenvalue weighted by Gasteiger charge is -2.32. The van der Waals surface area contributed by atoms with E-state index in [-0.39, 0.29) is 28.5 Å². The molecule has 0 saturated heterocycles. The maximum atomic E-state index is 11.6. The first-order valence-electron chi connectivity index (χ1n) is 12.2. The van der Waals surface area contributed by atoms with Gasteiger partial charge in [-0.2, -0.15) is 0 Å². The zero-order chi connectivity index (χ0) is 26.1. The van der Waals surface area contributed by atoms with Gasteiger partial charge < -0.3 is 19.3 Å². The SMILES string of the molecule is COC(=O)CCCC(C)(C)c1cc(OCc2ccccc2)c(C(C)(C)CCCC(=O)OC)cc1O. The maximum Gasteiger partial charge on any atom is 0.305 e. The molecule has 0 aliphatic heterocycles. The van der Waals surface area contributed by atoms with Gasteiger partial charge in [0.1, 0.15) is 18.1 Å². The summed E-state index contributed by atoms with van der Waals surface area (Å²) in [5, 5.41) is 11.1. The van der Waals surface area contributed by atoms with Gasteiger partial charge in [-0.3, -0.25) is 9.59 Å². The van der Waals surface area contributed by atoms with Gasteiger partial charge in [0.05, 0.1) is 14.2 Å². The van der Waals surface area contributed by atoms with Crippen LogP contribution in [0.25, 0.3) is 0 Å². The van der Waals surface area contributed by atoms with E-state index in [1.54, 1.807) is 6.07 Å². The molecular formula is C29H40O6. The molecule has 0 radical (unpaired) electrons. The van der Waals surface area contributed by atoms with Crippen molar-refractivity contribution in [2.24, 2.45) is 0 Å². The second-order valence-electron chi connectivity index (χ2n) is 10.3. The predicted octanol–water partition coefficient (Wildman–Crippen LogP) is 6.21. The number of hydrogen-bond donors (Lipinski definition) is 1. The number of aromatic hydroxyl groups is 1. The first-order valence-corrected chi connectivity index (χ1v) is 12.2. The molecule has 192 valence electrons. The fourth-order valence-electron chi connectivity index (χ4n) is 4.32. The molecule has 0 fully saturated rings. The monoisotopic (exact) mass is 484 g/mol. The second kappa shape index (κ2) is 12.6. The number of phenolic OH excluding ortho intramolecular Hbond substituents is 1. The molecule has 0 unspecified atom stereocenters. The normalized spacial score (nSPS) is 11.7. The number of hydrogen-bond acceptors (Lipinski definition) is 6. The van der Waals surface area contributed by atoms with Crippen LogP contribution in [0.4, 0.5) is 0 Å². The number of ether oxygens (including phenoxy) is 3. The number of methoxy groups -OCH3 is 2. The number of carbonyl (C=O) groups is 2. The van der Waals surface area contributed by atoms with E-state index in [0.717, 1.165) is 23.1 Å². The standard InChI is InChI=1S/C29H40O6/c1-28(2,16-10-14-26(31)33-5)22-19-25(35-20-21-12-8-7-9-13-21)23(18-24(22)30)29(3,4)17-11-15-27(32)34-6/h7-9,12-13,18-19,30H,10-11,14-17,20H2,1-6H3. The molecular weight excluding hydrogens is 444 g/mol. The summed E-state index contributed by atoms with van der Waals surface area (Å²) in [6.45, 7) is 8.70. The van der Waals surface area contributed by atoms with Crippen molar-refractivity contribution in [1.29, 1.82) is 0 Å². The molecule has 35 heavy (non-hydrogen) atoms. The van der Waals surface area contributed by atoms with Gasteiger partial charge in [-0.25, -0.2) is 0 Å². The minimum Gasteiger partial charge on any atom is -0.508 e. The number of esters is 2. The Hall–Kier alpha value is -3.02. The van der Waals surface area contributed by atoms with E-state index in [1.165, 1.54) is 14.2 Å². The van der Waals surface area contributed by atoms with Gasteiger partial charge >= 0.3 is 11.9 Å². The van der Waals surface area contributed by atoms with Crippen LogP contribution < -0.4 is 4.74 Å². The molecule has 0 aliphatic carbocycles. The molecule has 2 aromatic rings. The molecule has 6 heteroatoms. The van der Waals surface area contributed by atoms with Crippen molar-refractivity contribution in [1.82, 2.24) is 0 Å². The smallest absolute Gasteiger partial charge is 0.305 e. The van der Waals surface area contributed by atoms with E-state index in [2.05, 4.69) is 27.7 Å². The Morgan fingerprint density at radius 3 is 1.83 bits per heavy atom. The minimum absolute atomic E-state index is 0.205. The van der Waals surface area contributed by atoms with Crippen LogP contribution in [0.5, 0.6) is 11.5 Å². The van der Waals surface area contributed by atoms with Gasteiger partial charge in [-0.15, -0.1) is 0 Å². The minimum atomic E-state index is -0.378. The molecule has 0 atom stereocenters. The Balaban J connectivity index is 2.36. The Kier molecular flexibility index (Phi) is 10.2. The van der Waals surface area contributed by atoms with Gasteiger partial charge in [0.15, 0.2) is 0 Å². The predicted molar refractivity (Wildman–Crippen MR) is 137 cm³/mol. The highest BCUT2D eigenvalue weighted by Gasteiger charge is 2.31. The lowest BCUT2D eigenvalue weighted by atomic mass is 9.75. The Morgan fingerprint density at radius 1 is 0.800 bits per heavy atom. The highest BCUT2D eigenvalue weighted by molar-refractivity contribution is 5.69. The molecule has 6 nitrogen and oxygen atoms in total. The summed E-state index contributed by atoms with van der Waals surface area (Å²) in [6, 6.07) is 13.7. The molecule has 1 N–H and O–H groups in total. The van der Waals surface area contributed by atoms with E-state index >= 15 is 0 Å². The zero-order valence-corrected chi connectivity index (χ0v) is 22.0. The molecule has 0 saturated carbocycles. The Labute approximate surface area is 209 Å². The third kappa shape index (κ3) is 8.30.